The Hall–Kier alpha value is -1.36. The first kappa shape index (κ1) is 9.21. The third-order valence-electron chi connectivity index (χ3n) is 1.85. The Balaban J connectivity index is 2.30. The van der Waals surface area contributed by atoms with Crippen LogP contribution in [0, 0.1) is 0 Å². The molecule has 0 unspecified atom stereocenters. The third-order valence-corrected chi connectivity index (χ3v) is 2.36. The number of aromatic amines is 1. The van der Waals surface area contributed by atoms with Gasteiger partial charge in [0, 0.05) is 11.1 Å². The van der Waals surface area contributed by atoms with Crippen molar-refractivity contribution in [3.05, 3.63) is 24.4 Å². The van der Waals surface area contributed by atoms with E-state index >= 15 is 0 Å². The van der Waals surface area contributed by atoms with Crippen LogP contribution < -0.4 is 5.32 Å². The number of halogens is 1. The molecule has 5 heteroatoms. The van der Waals surface area contributed by atoms with Crippen molar-refractivity contribution >= 4 is 38.4 Å². The van der Waals surface area contributed by atoms with Crippen molar-refractivity contribution < 1.29 is 4.79 Å². The van der Waals surface area contributed by atoms with Crippen LogP contribution in [0.15, 0.2) is 24.4 Å². The Labute approximate surface area is 88.8 Å². The Kier molecular flexibility index (Phi) is 2.49. The number of H-pyrrole nitrogens is 1. The minimum Gasteiger partial charge on any atom is -0.325 e. The fourth-order valence-electron chi connectivity index (χ4n) is 1.21. The van der Waals surface area contributed by atoms with Gasteiger partial charge in [0.05, 0.1) is 17.0 Å². The standard InChI is InChI=1S/C9H8BrN3O/c10-4-9(14)12-7-2-1-6-5-11-13-8(6)3-7/h1-3,5H,4H2,(H,11,13)(H,12,14). The monoisotopic (exact) mass is 253 g/mol. The molecule has 0 aliphatic heterocycles. The topological polar surface area (TPSA) is 57.8 Å². The van der Waals surface area contributed by atoms with Crippen molar-refractivity contribution in [2.45, 2.75) is 0 Å². The van der Waals surface area contributed by atoms with Gasteiger partial charge >= 0.3 is 0 Å². The molecule has 0 saturated carbocycles. The van der Waals surface area contributed by atoms with Crippen LogP contribution in [-0.4, -0.2) is 21.4 Å². The average Bonchev–Trinajstić information content (AvgIpc) is 2.64. The number of aromatic nitrogens is 2. The number of rotatable bonds is 2. The van der Waals surface area contributed by atoms with Gasteiger partial charge < -0.3 is 5.32 Å². The molecular weight excluding hydrogens is 246 g/mol. The lowest BCUT2D eigenvalue weighted by Crippen LogP contribution is -2.11. The SMILES string of the molecule is O=C(CBr)Nc1ccc2cn[nH]c2c1. The van der Waals surface area contributed by atoms with E-state index in [0.29, 0.717) is 5.33 Å². The van der Waals surface area contributed by atoms with E-state index in [0.717, 1.165) is 16.6 Å². The van der Waals surface area contributed by atoms with Gasteiger partial charge in [-0.2, -0.15) is 5.10 Å². The Bertz CT molecular complexity index is 466. The van der Waals surface area contributed by atoms with Gasteiger partial charge in [-0.3, -0.25) is 9.89 Å². The van der Waals surface area contributed by atoms with Gasteiger partial charge in [-0.05, 0) is 18.2 Å². The van der Waals surface area contributed by atoms with Crippen LogP contribution in [-0.2, 0) is 4.79 Å². The minimum absolute atomic E-state index is 0.0659. The van der Waals surface area contributed by atoms with Crippen LogP contribution in [0.4, 0.5) is 5.69 Å². The lowest BCUT2D eigenvalue weighted by molar-refractivity contribution is -0.113. The number of benzene rings is 1. The highest BCUT2D eigenvalue weighted by Crippen LogP contribution is 2.16. The molecule has 4 nitrogen and oxygen atoms in total. The van der Waals surface area contributed by atoms with Crippen molar-refractivity contribution in [2.24, 2.45) is 0 Å². The fourth-order valence-corrected chi connectivity index (χ4v) is 1.35. The molecule has 2 rings (SSSR count). The highest BCUT2D eigenvalue weighted by atomic mass is 79.9. The second-order valence-electron chi connectivity index (χ2n) is 2.85. The van der Waals surface area contributed by atoms with E-state index in [4.69, 9.17) is 0 Å². The molecular formula is C9H8BrN3O. The van der Waals surface area contributed by atoms with Gasteiger partial charge in [0.15, 0.2) is 0 Å². The summed E-state index contributed by atoms with van der Waals surface area (Å²) in [5, 5.41) is 10.8. The minimum atomic E-state index is -0.0659. The number of nitrogens with one attached hydrogen (secondary N) is 2. The number of amides is 1. The molecule has 0 bridgehead atoms. The molecule has 0 aliphatic carbocycles. The number of anilines is 1. The predicted molar refractivity (Wildman–Crippen MR) is 58.5 cm³/mol. The summed E-state index contributed by atoms with van der Waals surface area (Å²) in [7, 11) is 0. The van der Waals surface area contributed by atoms with E-state index in [1.807, 2.05) is 18.2 Å². The van der Waals surface area contributed by atoms with E-state index in [-0.39, 0.29) is 5.91 Å². The Morgan fingerprint density at radius 3 is 3.21 bits per heavy atom. The first-order valence-electron chi connectivity index (χ1n) is 4.08. The maximum absolute atomic E-state index is 11.1. The average molecular weight is 254 g/mol. The van der Waals surface area contributed by atoms with Crippen molar-refractivity contribution in [1.82, 2.24) is 10.2 Å². The van der Waals surface area contributed by atoms with E-state index in [1.54, 1.807) is 6.20 Å². The highest BCUT2D eigenvalue weighted by molar-refractivity contribution is 9.09. The molecule has 0 fully saturated rings. The number of hydrogen-bond acceptors (Lipinski definition) is 2. The van der Waals surface area contributed by atoms with Gasteiger partial charge in [-0.1, -0.05) is 15.9 Å². The Morgan fingerprint density at radius 1 is 1.57 bits per heavy atom. The summed E-state index contributed by atoms with van der Waals surface area (Å²) in [6.07, 6.45) is 1.74. The van der Waals surface area contributed by atoms with Crippen LogP contribution >= 0.6 is 15.9 Å². The summed E-state index contributed by atoms with van der Waals surface area (Å²) in [5.74, 6) is -0.0659. The first-order valence-corrected chi connectivity index (χ1v) is 5.20. The van der Waals surface area contributed by atoms with E-state index in [9.17, 15) is 4.79 Å². The van der Waals surface area contributed by atoms with Gasteiger partial charge in [0.1, 0.15) is 0 Å². The number of carbonyl (C=O) groups excluding carboxylic acids is 1. The van der Waals surface area contributed by atoms with Gasteiger partial charge in [-0.15, -0.1) is 0 Å². The molecule has 0 spiro atoms. The predicted octanol–water partition coefficient (Wildman–Crippen LogP) is 1.90. The maximum Gasteiger partial charge on any atom is 0.235 e. The summed E-state index contributed by atoms with van der Waals surface area (Å²) in [4.78, 5) is 11.1. The summed E-state index contributed by atoms with van der Waals surface area (Å²) in [5.41, 5.74) is 1.68. The summed E-state index contributed by atoms with van der Waals surface area (Å²) < 4.78 is 0. The van der Waals surface area contributed by atoms with Gasteiger partial charge in [0.25, 0.3) is 0 Å². The van der Waals surface area contributed by atoms with Crippen LogP contribution in [0.3, 0.4) is 0 Å². The zero-order valence-corrected chi connectivity index (χ0v) is 8.84. The van der Waals surface area contributed by atoms with E-state index < -0.39 is 0 Å². The van der Waals surface area contributed by atoms with Crippen molar-refractivity contribution in [1.29, 1.82) is 0 Å². The van der Waals surface area contributed by atoms with E-state index in [2.05, 4.69) is 31.4 Å². The molecule has 72 valence electrons. The van der Waals surface area contributed by atoms with E-state index in [1.165, 1.54) is 0 Å². The molecule has 0 saturated heterocycles. The second kappa shape index (κ2) is 3.79. The van der Waals surface area contributed by atoms with Crippen LogP contribution in [0.2, 0.25) is 0 Å². The number of fused-ring (bicyclic) bond motifs is 1. The molecule has 1 aromatic heterocycles. The summed E-state index contributed by atoms with van der Waals surface area (Å²) in [6, 6.07) is 5.60. The molecule has 0 atom stereocenters. The zero-order chi connectivity index (χ0) is 9.97. The second-order valence-corrected chi connectivity index (χ2v) is 3.41. The molecule has 0 aliphatic rings. The zero-order valence-electron chi connectivity index (χ0n) is 7.25. The summed E-state index contributed by atoms with van der Waals surface area (Å²) >= 11 is 3.08. The lowest BCUT2D eigenvalue weighted by atomic mass is 10.2. The number of carbonyl (C=O) groups is 1. The van der Waals surface area contributed by atoms with Gasteiger partial charge in [0.2, 0.25) is 5.91 Å². The smallest absolute Gasteiger partial charge is 0.235 e. The first-order chi connectivity index (χ1) is 6.79. The van der Waals surface area contributed by atoms with Gasteiger partial charge in [-0.25, -0.2) is 0 Å². The molecule has 2 N–H and O–H groups in total. The summed E-state index contributed by atoms with van der Waals surface area (Å²) in [6.45, 7) is 0. The molecule has 1 amide bonds. The Morgan fingerprint density at radius 2 is 2.43 bits per heavy atom. The molecule has 1 heterocycles. The lowest BCUT2D eigenvalue weighted by Gasteiger charge is -2.01. The van der Waals surface area contributed by atoms with Crippen molar-refractivity contribution in [3.63, 3.8) is 0 Å². The quantitative estimate of drug-likeness (QED) is 0.804. The number of nitrogens with zero attached hydrogens (tertiary/aromatic N) is 1. The third kappa shape index (κ3) is 1.77. The molecule has 0 radical (unpaired) electrons. The molecule has 14 heavy (non-hydrogen) atoms. The van der Waals surface area contributed by atoms with Crippen molar-refractivity contribution in [2.75, 3.05) is 10.6 Å². The molecule has 2 aromatic rings. The molecule has 1 aromatic carbocycles. The maximum atomic E-state index is 11.1. The van der Waals surface area contributed by atoms with Crippen LogP contribution in [0.1, 0.15) is 0 Å². The van der Waals surface area contributed by atoms with Crippen molar-refractivity contribution in [3.8, 4) is 0 Å². The normalized spacial score (nSPS) is 10.4. The highest BCUT2D eigenvalue weighted by Gasteiger charge is 2.01. The number of alkyl halides is 1. The fraction of sp³-hybridized carbons (Fsp3) is 0.111. The van der Waals surface area contributed by atoms with Crippen LogP contribution in [0.25, 0.3) is 10.9 Å². The number of hydrogen-bond donors (Lipinski definition) is 2. The largest absolute Gasteiger partial charge is 0.325 e. The van der Waals surface area contributed by atoms with Crippen LogP contribution in [0.5, 0.6) is 0 Å².